The monoisotopic (exact) mass is 235 g/mol. The molecule has 1 aliphatic rings. The molecule has 0 radical (unpaired) electrons. The van der Waals surface area contributed by atoms with Crippen molar-refractivity contribution in [2.24, 2.45) is 0 Å². The Morgan fingerprint density at radius 3 is 2.83 bits per heavy atom. The van der Waals surface area contributed by atoms with Crippen molar-refractivity contribution in [2.45, 2.75) is 18.9 Å². The predicted molar refractivity (Wildman–Crippen MR) is 77.7 cm³/mol. The van der Waals surface area contributed by atoms with Gasteiger partial charge in [-0.05, 0) is 30.9 Å². The molecule has 0 saturated heterocycles. The summed E-state index contributed by atoms with van der Waals surface area (Å²) in [6, 6.07) is 10.8. The Morgan fingerprint density at radius 1 is 1.28 bits per heavy atom. The van der Waals surface area contributed by atoms with Gasteiger partial charge in [-0.15, -0.1) is 6.58 Å². The van der Waals surface area contributed by atoms with E-state index in [2.05, 4.69) is 72.7 Å². The zero-order chi connectivity index (χ0) is 12.6. The largest absolute Gasteiger partial charge is 0.331 e. The molecular formula is C17H17N. The molecule has 0 spiro atoms. The van der Waals surface area contributed by atoms with E-state index in [1.165, 1.54) is 16.6 Å². The molecule has 0 fully saturated rings. The Bertz CT molecular complexity index is 657. The number of allylic oxidation sites excluding steroid dienone is 5. The molecule has 18 heavy (non-hydrogen) atoms. The zero-order valence-corrected chi connectivity index (χ0v) is 10.6. The fourth-order valence-corrected chi connectivity index (χ4v) is 2.88. The average molecular weight is 235 g/mol. The number of aryl methyl sites for hydroxylation is 1. The van der Waals surface area contributed by atoms with Crippen LogP contribution in [0.5, 0.6) is 0 Å². The molecule has 0 N–H and O–H groups in total. The van der Waals surface area contributed by atoms with Gasteiger partial charge in [0.2, 0.25) is 0 Å². The lowest BCUT2D eigenvalue weighted by Crippen LogP contribution is -2.30. The van der Waals surface area contributed by atoms with E-state index >= 15 is 0 Å². The third kappa shape index (κ3) is 1.47. The van der Waals surface area contributed by atoms with Crippen LogP contribution in [0.1, 0.15) is 12.1 Å². The van der Waals surface area contributed by atoms with Crippen molar-refractivity contribution in [3.8, 4) is 0 Å². The van der Waals surface area contributed by atoms with Gasteiger partial charge in [0.1, 0.15) is 0 Å². The van der Waals surface area contributed by atoms with E-state index in [1.54, 1.807) is 0 Å². The van der Waals surface area contributed by atoms with Crippen LogP contribution >= 0.6 is 0 Å². The topological polar surface area (TPSA) is 4.93 Å². The van der Waals surface area contributed by atoms with Crippen LogP contribution in [-0.4, -0.2) is 4.57 Å². The maximum absolute atomic E-state index is 4.05. The van der Waals surface area contributed by atoms with Crippen molar-refractivity contribution in [3.63, 3.8) is 0 Å². The fraction of sp³-hybridized carbons (Fsp3) is 0.176. The molecule has 2 aromatic rings. The fourth-order valence-electron chi connectivity index (χ4n) is 2.88. The second kappa shape index (κ2) is 4.02. The smallest absolute Gasteiger partial charge is 0.0848 e. The van der Waals surface area contributed by atoms with E-state index in [0.29, 0.717) is 0 Å². The quantitative estimate of drug-likeness (QED) is 0.682. The summed E-state index contributed by atoms with van der Waals surface area (Å²) in [5.41, 5.74) is 2.42. The lowest BCUT2D eigenvalue weighted by Gasteiger charge is -2.32. The molecule has 90 valence electrons. The minimum atomic E-state index is -0.123. The molecule has 1 heterocycles. The number of rotatable bonds is 2. The number of fused-ring (bicyclic) bond motifs is 1. The highest BCUT2D eigenvalue weighted by Crippen LogP contribution is 2.34. The zero-order valence-electron chi connectivity index (χ0n) is 10.6. The number of hydrogen-bond acceptors (Lipinski definition) is 0. The van der Waals surface area contributed by atoms with Gasteiger partial charge in [0.25, 0.3) is 0 Å². The summed E-state index contributed by atoms with van der Waals surface area (Å²) in [6.45, 7) is 6.22. The van der Waals surface area contributed by atoms with Crippen molar-refractivity contribution < 1.29 is 0 Å². The van der Waals surface area contributed by atoms with Crippen molar-refractivity contribution in [2.75, 3.05) is 0 Å². The van der Waals surface area contributed by atoms with E-state index < -0.39 is 0 Å². The minimum absolute atomic E-state index is 0.123. The standard InChI is InChI=1S/C17H17N/c1-3-17(11-7-4-8-12-17)18-14(2)13-15-9-5-6-10-16(15)18/h3-11,13H,1,12H2,2H3. The number of para-hydroxylation sites is 1. The van der Waals surface area contributed by atoms with E-state index in [4.69, 9.17) is 0 Å². The first-order valence-corrected chi connectivity index (χ1v) is 6.32. The molecule has 1 heteroatoms. The minimum Gasteiger partial charge on any atom is -0.331 e. The highest BCUT2D eigenvalue weighted by Gasteiger charge is 2.27. The molecule has 0 bridgehead atoms. The van der Waals surface area contributed by atoms with E-state index in [0.717, 1.165) is 6.42 Å². The molecule has 0 aliphatic heterocycles. The number of benzene rings is 1. The van der Waals surface area contributed by atoms with Gasteiger partial charge in [0, 0.05) is 11.2 Å². The summed E-state index contributed by atoms with van der Waals surface area (Å²) >= 11 is 0. The SMILES string of the molecule is C=CC1(n2c(C)cc3ccccc32)C=CC=CC1. The first-order chi connectivity index (χ1) is 8.77. The van der Waals surface area contributed by atoms with Crippen molar-refractivity contribution in [3.05, 3.63) is 73.0 Å². The van der Waals surface area contributed by atoms with Crippen LogP contribution in [0.15, 0.2) is 67.3 Å². The lowest BCUT2D eigenvalue weighted by molar-refractivity contribution is 0.475. The van der Waals surface area contributed by atoms with Crippen molar-refractivity contribution in [1.29, 1.82) is 0 Å². The first-order valence-electron chi connectivity index (χ1n) is 6.32. The number of hydrogen-bond donors (Lipinski definition) is 0. The molecular weight excluding hydrogens is 218 g/mol. The molecule has 1 aromatic carbocycles. The van der Waals surface area contributed by atoms with Crippen LogP contribution in [0.3, 0.4) is 0 Å². The highest BCUT2D eigenvalue weighted by atomic mass is 15.1. The third-order valence-electron chi connectivity index (χ3n) is 3.74. The summed E-state index contributed by atoms with van der Waals surface area (Å²) in [5.74, 6) is 0. The van der Waals surface area contributed by atoms with E-state index in [-0.39, 0.29) is 5.54 Å². The Hall–Kier alpha value is -2.02. The van der Waals surface area contributed by atoms with Crippen LogP contribution in [0.4, 0.5) is 0 Å². The second-order valence-electron chi connectivity index (χ2n) is 4.87. The van der Waals surface area contributed by atoms with Crippen LogP contribution < -0.4 is 0 Å². The summed E-state index contributed by atoms with van der Waals surface area (Å²) in [7, 11) is 0. The first kappa shape index (κ1) is 11.1. The Kier molecular flexibility index (Phi) is 2.48. The van der Waals surface area contributed by atoms with Crippen LogP contribution in [-0.2, 0) is 5.54 Å². The van der Waals surface area contributed by atoms with Crippen LogP contribution in [0, 0.1) is 6.92 Å². The highest BCUT2D eigenvalue weighted by molar-refractivity contribution is 5.82. The third-order valence-corrected chi connectivity index (χ3v) is 3.74. The number of nitrogens with zero attached hydrogens (tertiary/aromatic N) is 1. The van der Waals surface area contributed by atoms with Crippen LogP contribution in [0.25, 0.3) is 10.9 Å². The maximum Gasteiger partial charge on any atom is 0.0848 e. The Labute approximate surface area is 108 Å². The number of aromatic nitrogens is 1. The van der Waals surface area contributed by atoms with Gasteiger partial charge in [-0.3, -0.25) is 0 Å². The van der Waals surface area contributed by atoms with Gasteiger partial charge in [-0.25, -0.2) is 0 Å². The van der Waals surface area contributed by atoms with Gasteiger partial charge in [0.05, 0.1) is 5.54 Å². The molecule has 1 unspecified atom stereocenters. The van der Waals surface area contributed by atoms with Gasteiger partial charge in [-0.2, -0.15) is 0 Å². The van der Waals surface area contributed by atoms with E-state index in [1.807, 2.05) is 6.08 Å². The summed E-state index contributed by atoms with van der Waals surface area (Å²) in [5, 5.41) is 1.29. The predicted octanol–water partition coefficient (Wildman–Crippen LogP) is 4.35. The lowest BCUT2D eigenvalue weighted by atomic mass is 9.90. The summed E-state index contributed by atoms with van der Waals surface area (Å²) < 4.78 is 2.38. The molecule has 0 amide bonds. The normalized spacial score (nSPS) is 22.5. The van der Waals surface area contributed by atoms with Gasteiger partial charge in [0.15, 0.2) is 0 Å². The molecule has 3 rings (SSSR count). The second-order valence-corrected chi connectivity index (χ2v) is 4.87. The van der Waals surface area contributed by atoms with Crippen molar-refractivity contribution >= 4 is 10.9 Å². The summed E-state index contributed by atoms with van der Waals surface area (Å²) in [4.78, 5) is 0. The van der Waals surface area contributed by atoms with Gasteiger partial charge < -0.3 is 4.57 Å². The Morgan fingerprint density at radius 2 is 2.11 bits per heavy atom. The molecule has 0 saturated carbocycles. The molecule has 1 atom stereocenters. The molecule has 1 nitrogen and oxygen atoms in total. The van der Waals surface area contributed by atoms with Gasteiger partial charge in [-0.1, -0.05) is 48.6 Å². The van der Waals surface area contributed by atoms with Gasteiger partial charge >= 0.3 is 0 Å². The maximum atomic E-state index is 4.05. The molecule has 1 aromatic heterocycles. The molecule has 1 aliphatic carbocycles. The summed E-state index contributed by atoms with van der Waals surface area (Å²) in [6.07, 6.45) is 11.7. The van der Waals surface area contributed by atoms with Crippen LogP contribution in [0.2, 0.25) is 0 Å². The average Bonchev–Trinajstić information content (AvgIpc) is 2.76. The Balaban J connectivity index is 2.30. The van der Waals surface area contributed by atoms with Crippen molar-refractivity contribution in [1.82, 2.24) is 4.57 Å². The van der Waals surface area contributed by atoms with E-state index in [9.17, 15) is 0 Å².